The van der Waals surface area contributed by atoms with Gasteiger partial charge >= 0.3 is 5.69 Å². The standard InChI is InChI=1S/C13H20N4O3/c1-2-14-12-6-5-11(17(18)19)13(15-12)20-10-9-16-7-3-4-8-16/h5-6H,2-4,7-10H2,1H3,(H,14,15). The van der Waals surface area contributed by atoms with E-state index in [-0.39, 0.29) is 11.6 Å². The Morgan fingerprint density at radius 2 is 2.20 bits per heavy atom. The highest BCUT2D eigenvalue weighted by molar-refractivity contribution is 5.49. The maximum absolute atomic E-state index is 11.0. The summed E-state index contributed by atoms with van der Waals surface area (Å²) in [6.07, 6.45) is 2.43. The fraction of sp³-hybridized carbons (Fsp3) is 0.615. The van der Waals surface area contributed by atoms with E-state index >= 15 is 0 Å². The molecule has 0 aliphatic carbocycles. The molecular weight excluding hydrogens is 260 g/mol. The third-order valence-electron chi connectivity index (χ3n) is 3.24. The van der Waals surface area contributed by atoms with Crippen molar-refractivity contribution in [2.45, 2.75) is 19.8 Å². The average Bonchev–Trinajstić information content (AvgIpc) is 2.92. The molecule has 20 heavy (non-hydrogen) atoms. The first kappa shape index (κ1) is 14.5. The number of rotatable bonds is 7. The number of nitrogens with one attached hydrogen (secondary N) is 1. The predicted octanol–water partition coefficient (Wildman–Crippen LogP) is 1.90. The van der Waals surface area contributed by atoms with Crippen LogP contribution in [0, 0.1) is 10.1 Å². The molecule has 1 aliphatic heterocycles. The van der Waals surface area contributed by atoms with Crippen LogP contribution in [0.25, 0.3) is 0 Å². The van der Waals surface area contributed by atoms with Gasteiger partial charge in [-0.15, -0.1) is 0 Å². The van der Waals surface area contributed by atoms with Crippen LogP contribution in [0.5, 0.6) is 5.88 Å². The summed E-state index contributed by atoms with van der Waals surface area (Å²) in [5.74, 6) is 0.682. The maximum atomic E-state index is 11.0. The Morgan fingerprint density at radius 1 is 1.45 bits per heavy atom. The van der Waals surface area contributed by atoms with E-state index in [1.807, 2.05) is 6.92 Å². The zero-order chi connectivity index (χ0) is 14.4. The highest BCUT2D eigenvalue weighted by Gasteiger charge is 2.18. The maximum Gasteiger partial charge on any atom is 0.331 e. The predicted molar refractivity (Wildman–Crippen MR) is 76.2 cm³/mol. The van der Waals surface area contributed by atoms with Gasteiger partial charge in [0.25, 0.3) is 5.88 Å². The van der Waals surface area contributed by atoms with Gasteiger partial charge in [0.15, 0.2) is 0 Å². The Bertz CT molecular complexity index is 461. The van der Waals surface area contributed by atoms with Crippen LogP contribution in [0.4, 0.5) is 11.5 Å². The summed E-state index contributed by atoms with van der Waals surface area (Å²) in [5, 5.41) is 14.0. The molecule has 1 N–H and O–H groups in total. The van der Waals surface area contributed by atoms with Gasteiger partial charge in [0.1, 0.15) is 12.4 Å². The minimum absolute atomic E-state index is 0.0897. The summed E-state index contributed by atoms with van der Waals surface area (Å²) in [6.45, 7) is 6.01. The Balaban J connectivity index is 1.98. The van der Waals surface area contributed by atoms with Crippen LogP contribution in [0.3, 0.4) is 0 Å². The van der Waals surface area contributed by atoms with Crippen LogP contribution in [0.2, 0.25) is 0 Å². The molecule has 7 nitrogen and oxygen atoms in total. The summed E-state index contributed by atoms with van der Waals surface area (Å²) in [7, 11) is 0. The highest BCUT2D eigenvalue weighted by Crippen LogP contribution is 2.26. The van der Waals surface area contributed by atoms with Crippen LogP contribution in [0.1, 0.15) is 19.8 Å². The highest BCUT2D eigenvalue weighted by atomic mass is 16.6. The first-order valence-corrected chi connectivity index (χ1v) is 6.95. The number of aromatic nitrogens is 1. The van der Waals surface area contributed by atoms with Crippen LogP contribution >= 0.6 is 0 Å². The topological polar surface area (TPSA) is 80.5 Å². The molecule has 1 aromatic heterocycles. The van der Waals surface area contributed by atoms with Crippen LogP contribution in [0.15, 0.2) is 12.1 Å². The van der Waals surface area contributed by atoms with Gasteiger partial charge in [0.2, 0.25) is 0 Å². The SMILES string of the molecule is CCNc1ccc([N+](=O)[O-])c(OCCN2CCCC2)n1. The largest absolute Gasteiger partial charge is 0.471 e. The van der Waals surface area contributed by atoms with Gasteiger partial charge in [-0.1, -0.05) is 0 Å². The molecule has 110 valence electrons. The Kier molecular flexibility index (Phi) is 5.11. The average molecular weight is 280 g/mol. The molecule has 0 radical (unpaired) electrons. The molecule has 0 atom stereocenters. The third-order valence-corrected chi connectivity index (χ3v) is 3.24. The van der Waals surface area contributed by atoms with Gasteiger partial charge in [-0.3, -0.25) is 15.0 Å². The van der Waals surface area contributed by atoms with Crippen molar-refractivity contribution in [3.63, 3.8) is 0 Å². The van der Waals surface area contributed by atoms with E-state index in [2.05, 4.69) is 15.2 Å². The number of anilines is 1. The van der Waals surface area contributed by atoms with Gasteiger partial charge in [-0.2, -0.15) is 4.98 Å². The van der Waals surface area contributed by atoms with E-state index in [9.17, 15) is 10.1 Å². The quantitative estimate of drug-likeness (QED) is 0.607. The molecule has 2 heterocycles. The van der Waals surface area contributed by atoms with E-state index in [0.717, 1.165) is 19.6 Å². The molecule has 0 amide bonds. The molecule has 7 heteroatoms. The fourth-order valence-electron chi connectivity index (χ4n) is 2.24. The number of hydrogen-bond acceptors (Lipinski definition) is 6. The van der Waals surface area contributed by atoms with Crippen molar-refractivity contribution in [2.24, 2.45) is 0 Å². The Labute approximate surface area is 118 Å². The van der Waals surface area contributed by atoms with E-state index in [1.165, 1.54) is 18.9 Å². The summed E-state index contributed by atoms with van der Waals surface area (Å²) in [6, 6.07) is 3.02. The first-order chi connectivity index (χ1) is 9.70. The van der Waals surface area contributed by atoms with E-state index < -0.39 is 4.92 Å². The Morgan fingerprint density at radius 3 is 2.85 bits per heavy atom. The number of nitrogens with zero attached hydrogens (tertiary/aromatic N) is 3. The van der Waals surface area contributed by atoms with Crippen molar-refractivity contribution >= 4 is 11.5 Å². The lowest BCUT2D eigenvalue weighted by molar-refractivity contribution is -0.386. The molecule has 1 fully saturated rings. The molecule has 1 saturated heterocycles. The third kappa shape index (κ3) is 3.80. The Hall–Kier alpha value is -1.89. The summed E-state index contributed by atoms with van der Waals surface area (Å²) >= 11 is 0. The summed E-state index contributed by atoms with van der Waals surface area (Å²) < 4.78 is 5.51. The summed E-state index contributed by atoms with van der Waals surface area (Å²) in [5.41, 5.74) is -0.0897. The smallest absolute Gasteiger partial charge is 0.331 e. The van der Waals surface area contributed by atoms with Crippen molar-refractivity contribution in [3.8, 4) is 5.88 Å². The van der Waals surface area contributed by atoms with Crippen molar-refractivity contribution in [1.29, 1.82) is 0 Å². The molecule has 0 bridgehead atoms. The van der Waals surface area contributed by atoms with E-state index in [0.29, 0.717) is 19.0 Å². The molecule has 0 spiro atoms. The molecule has 0 aromatic carbocycles. The zero-order valence-electron chi connectivity index (χ0n) is 11.7. The molecule has 2 rings (SSSR count). The van der Waals surface area contributed by atoms with Crippen molar-refractivity contribution in [1.82, 2.24) is 9.88 Å². The van der Waals surface area contributed by atoms with Crippen molar-refractivity contribution in [2.75, 3.05) is 38.1 Å². The van der Waals surface area contributed by atoms with Crippen LogP contribution in [-0.2, 0) is 0 Å². The molecule has 0 unspecified atom stereocenters. The fourth-order valence-corrected chi connectivity index (χ4v) is 2.24. The second-order valence-electron chi connectivity index (χ2n) is 4.71. The normalized spacial score (nSPS) is 15.2. The number of ether oxygens (including phenoxy) is 1. The van der Waals surface area contributed by atoms with E-state index in [4.69, 9.17) is 4.74 Å². The molecule has 1 aromatic rings. The van der Waals surface area contributed by atoms with Crippen molar-refractivity contribution < 1.29 is 9.66 Å². The minimum atomic E-state index is -0.464. The second kappa shape index (κ2) is 7.04. The minimum Gasteiger partial charge on any atom is -0.471 e. The first-order valence-electron chi connectivity index (χ1n) is 6.95. The molecular formula is C13H20N4O3. The van der Waals surface area contributed by atoms with Gasteiger partial charge in [0, 0.05) is 19.2 Å². The zero-order valence-corrected chi connectivity index (χ0v) is 11.7. The van der Waals surface area contributed by atoms with Crippen LogP contribution in [-0.4, -0.2) is 47.6 Å². The lowest BCUT2D eigenvalue weighted by atomic mass is 10.4. The van der Waals surface area contributed by atoms with Crippen LogP contribution < -0.4 is 10.1 Å². The summed E-state index contributed by atoms with van der Waals surface area (Å²) in [4.78, 5) is 16.9. The van der Waals surface area contributed by atoms with Gasteiger partial charge in [-0.25, -0.2) is 0 Å². The number of hydrogen-bond donors (Lipinski definition) is 1. The van der Waals surface area contributed by atoms with Gasteiger partial charge in [-0.05, 0) is 38.9 Å². The number of nitro groups is 1. The lowest BCUT2D eigenvalue weighted by Crippen LogP contribution is -2.25. The van der Waals surface area contributed by atoms with E-state index in [1.54, 1.807) is 6.07 Å². The van der Waals surface area contributed by atoms with Gasteiger partial charge < -0.3 is 10.1 Å². The molecule has 0 saturated carbocycles. The second-order valence-corrected chi connectivity index (χ2v) is 4.71. The monoisotopic (exact) mass is 280 g/mol. The molecule has 1 aliphatic rings. The van der Waals surface area contributed by atoms with Gasteiger partial charge in [0.05, 0.1) is 4.92 Å². The van der Waals surface area contributed by atoms with Crippen molar-refractivity contribution in [3.05, 3.63) is 22.2 Å². The number of pyridine rings is 1. The number of likely N-dealkylation sites (tertiary alicyclic amines) is 1. The lowest BCUT2D eigenvalue weighted by Gasteiger charge is -2.14.